The molecule has 0 aromatic carbocycles. The van der Waals surface area contributed by atoms with Crippen molar-refractivity contribution in [1.82, 2.24) is 15.2 Å². The largest absolute Gasteiger partial charge is 0.316 e. The highest BCUT2D eigenvalue weighted by Gasteiger charge is 2.37. The Morgan fingerprint density at radius 3 is 2.70 bits per heavy atom. The van der Waals surface area contributed by atoms with Crippen molar-refractivity contribution in [1.29, 1.82) is 0 Å². The first-order chi connectivity index (χ1) is 8.67. The number of thiazole rings is 1. The molecule has 1 atom stereocenters. The maximum Gasteiger partial charge on any atom is 0.0900 e. The monoisotopic (exact) mass is 337 g/mol. The number of aromatic nitrogens is 1. The number of rotatable bonds is 2. The Hall–Kier alpha value is 0.130. The first-order valence-corrected chi connectivity index (χ1v) is 7.85. The topological polar surface area (TPSA) is 28.2 Å². The van der Waals surface area contributed by atoms with Gasteiger partial charge in [0.2, 0.25) is 0 Å². The Balaban J connectivity index is 0.000001000. The van der Waals surface area contributed by atoms with Gasteiger partial charge < -0.3 is 5.32 Å². The lowest BCUT2D eigenvalue weighted by Crippen LogP contribution is -2.43. The maximum absolute atomic E-state index is 4.55. The van der Waals surface area contributed by atoms with Crippen molar-refractivity contribution in [2.45, 2.75) is 39.7 Å². The molecule has 0 bridgehead atoms. The molecule has 1 aromatic rings. The smallest absolute Gasteiger partial charge is 0.0900 e. The minimum atomic E-state index is 0. The van der Waals surface area contributed by atoms with Gasteiger partial charge >= 0.3 is 0 Å². The number of piperidine rings is 1. The van der Waals surface area contributed by atoms with E-state index in [1.165, 1.54) is 61.0 Å². The van der Waals surface area contributed by atoms with Crippen LogP contribution in [0.15, 0.2) is 0 Å². The van der Waals surface area contributed by atoms with E-state index in [1.54, 1.807) is 0 Å². The van der Waals surface area contributed by atoms with E-state index in [1.807, 2.05) is 11.3 Å². The van der Waals surface area contributed by atoms with E-state index in [9.17, 15) is 0 Å². The van der Waals surface area contributed by atoms with Crippen LogP contribution in [0.2, 0.25) is 0 Å². The second kappa shape index (κ2) is 7.41. The zero-order chi connectivity index (χ0) is 12.6. The molecule has 1 aromatic heterocycles. The molecule has 6 heteroatoms. The van der Waals surface area contributed by atoms with Crippen LogP contribution in [-0.4, -0.2) is 36.1 Å². The molecule has 3 heterocycles. The number of hydrogen-bond acceptors (Lipinski definition) is 4. The third kappa shape index (κ3) is 3.86. The molecule has 3 rings (SSSR count). The standard InChI is InChI=1S/C14H23N3S.2ClH/c1-11-13(18-12(2)16-11)8-17-7-3-4-14(10-17)5-6-15-9-14;;/h15H,3-10H2,1-2H3;2*1H. The van der Waals surface area contributed by atoms with Gasteiger partial charge in [0.1, 0.15) is 0 Å². The van der Waals surface area contributed by atoms with Crippen LogP contribution in [0.1, 0.15) is 34.8 Å². The molecule has 0 aliphatic carbocycles. The molecule has 0 saturated carbocycles. The molecule has 0 amide bonds. The summed E-state index contributed by atoms with van der Waals surface area (Å²) >= 11 is 1.87. The van der Waals surface area contributed by atoms with E-state index in [4.69, 9.17) is 0 Å². The third-order valence-electron chi connectivity index (χ3n) is 4.44. The van der Waals surface area contributed by atoms with Gasteiger partial charge in [-0.2, -0.15) is 0 Å². The van der Waals surface area contributed by atoms with Crippen molar-refractivity contribution in [2.75, 3.05) is 26.2 Å². The molecule has 116 valence electrons. The number of nitrogens with one attached hydrogen (secondary N) is 1. The second-order valence-electron chi connectivity index (χ2n) is 5.98. The van der Waals surface area contributed by atoms with Gasteiger partial charge in [-0.3, -0.25) is 4.90 Å². The van der Waals surface area contributed by atoms with Crippen LogP contribution in [0.25, 0.3) is 0 Å². The van der Waals surface area contributed by atoms with Crippen molar-refractivity contribution < 1.29 is 0 Å². The summed E-state index contributed by atoms with van der Waals surface area (Å²) in [5.74, 6) is 0. The van der Waals surface area contributed by atoms with Crippen LogP contribution in [0.3, 0.4) is 0 Å². The van der Waals surface area contributed by atoms with E-state index < -0.39 is 0 Å². The van der Waals surface area contributed by atoms with Crippen LogP contribution in [0, 0.1) is 19.3 Å². The van der Waals surface area contributed by atoms with Gasteiger partial charge in [-0.05, 0) is 51.6 Å². The van der Waals surface area contributed by atoms with Crippen molar-refractivity contribution in [3.63, 3.8) is 0 Å². The highest BCUT2D eigenvalue weighted by atomic mass is 35.5. The fraction of sp³-hybridized carbons (Fsp3) is 0.786. The third-order valence-corrected chi connectivity index (χ3v) is 5.50. The molecule has 2 fully saturated rings. The summed E-state index contributed by atoms with van der Waals surface area (Å²) in [6, 6.07) is 0. The number of hydrogen-bond donors (Lipinski definition) is 1. The average molecular weight is 338 g/mol. The Morgan fingerprint density at radius 1 is 1.30 bits per heavy atom. The lowest BCUT2D eigenvalue weighted by Gasteiger charge is -2.39. The molecular weight excluding hydrogens is 313 g/mol. The zero-order valence-corrected chi connectivity index (χ0v) is 14.7. The first-order valence-electron chi connectivity index (χ1n) is 7.03. The molecule has 20 heavy (non-hydrogen) atoms. The van der Waals surface area contributed by atoms with Crippen molar-refractivity contribution in [3.8, 4) is 0 Å². The number of likely N-dealkylation sites (tertiary alicyclic amines) is 1. The van der Waals surface area contributed by atoms with Crippen LogP contribution < -0.4 is 5.32 Å². The van der Waals surface area contributed by atoms with E-state index >= 15 is 0 Å². The predicted molar refractivity (Wildman–Crippen MR) is 90.5 cm³/mol. The molecule has 1 unspecified atom stereocenters. The molecular formula is C14H25Cl2N3S. The summed E-state index contributed by atoms with van der Waals surface area (Å²) in [5.41, 5.74) is 1.81. The second-order valence-corrected chi connectivity index (χ2v) is 7.27. The SMILES string of the molecule is Cc1nc(C)c(CN2CCCC3(CCNC3)C2)s1.Cl.Cl. The van der Waals surface area contributed by atoms with Gasteiger partial charge in [-0.15, -0.1) is 36.2 Å². The van der Waals surface area contributed by atoms with Gasteiger partial charge in [0.15, 0.2) is 0 Å². The lowest BCUT2D eigenvalue weighted by atomic mass is 9.79. The van der Waals surface area contributed by atoms with Gasteiger partial charge in [-0.25, -0.2) is 4.98 Å². The van der Waals surface area contributed by atoms with Gasteiger partial charge in [-0.1, -0.05) is 0 Å². The molecule has 2 aliphatic rings. The summed E-state index contributed by atoms with van der Waals surface area (Å²) in [5, 5.41) is 4.75. The first kappa shape index (κ1) is 18.2. The number of nitrogens with zero attached hydrogens (tertiary/aromatic N) is 2. The summed E-state index contributed by atoms with van der Waals surface area (Å²) in [6.45, 7) is 10.3. The Labute approximate surface area is 138 Å². The summed E-state index contributed by atoms with van der Waals surface area (Å²) < 4.78 is 0. The van der Waals surface area contributed by atoms with Crippen molar-refractivity contribution in [3.05, 3.63) is 15.6 Å². The molecule has 0 radical (unpaired) electrons. The van der Waals surface area contributed by atoms with E-state index in [0.29, 0.717) is 5.41 Å². The summed E-state index contributed by atoms with van der Waals surface area (Å²) in [7, 11) is 0. The highest BCUT2D eigenvalue weighted by Crippen LogP contribution is 2.36. The normalized spacial score (nSPS) is 26.3. The maximum atomic E-state index is 4.55. The molecule has 2 aliphatic heterocycles. The molecule has 3 nitrogen and oxygen atoms in total. The summed E-state index contributed by atoms with van der Waals surface area (Å²) in [4.78, 5) is 8.66. The van der Waals surface area contributed by atoms with Gasteiger partial charge in [0.05, 0.1) is 10.7 Å². The number of halogens is 2. The number of aryl methyl sites for hydroxylation is 2. The quantitative estimate of drug-likeness (QED) is 0.898. The minimum absolute atomic E-state index is 0. The van der Waals surface area contributed by atoms with E-state index in [2.05, 4.69) is 29.0 Å². The molecule has 1 spiro atoms. The lowest BCUT2D eigenvalue weighted by molar-refractivity contribution is 0.0984. The Bertz CT molecular complexity index is 430. The highest BCUT2D eigenvalue weighted by molar-refractivity contribution is 7.11. The van der Waals surface area contributed by atoms with Crippen LogP contribution in [0.5, 0.6) is 0 Å². The van der Waals surface area contributed by atoms with Crippen LogP contribution in [0.4, 0.5) is 0 Å². The molecule has 2 saturated heterocycles. The molecule has 1 N–H and O–H groups in total. The van der Waals surface area contributed by atoms with Crippen molar-refractivity contribution in [2.24, 2.45) is 5.41 Å². The fourth-order valence-electron chi connectivity index (χ4n) is 3.51. The van der Waals surface area contributed by atoms with Gasteiger partial charge in [0, 0.05) is 24.5 Å². The van der Waals surface area contributed by atoms with E-state index in [-0.39, 0.29) is 24.8 Å². The Kier molecular flexibility index (Phi) is 6.74. The average Bonchev–Trinajstić information content (AvgIpc) is 2.88. The van der Waals surface area contributed by atoms with Gasteiger partial charge in [0.25, 0.3) is 0 Å². The van der Waals surface area contributed by atoms with Crippen molar-refractivity contribution >= 4 is 36.2 Å². The summed E-state index contributed by atoms with van der Waals surface area (Å²) in [6.07, 6.45) is 4.14. The van der Waals surface area contributed by atoms with E-state index in [0.717, 1.165) is 6.54 Å². The fourth-order valence-corrected chi connectivity index (χ4v) is 4.49. The minimum Gasteiger partial charge on any atom is -0.316 e. The Morgan fingerprint density at radius 2 is 2.10 bits per heavy atom. The zero-order valence-electron chi connectivity index (χ0n) is 12.3. The van der Waals surface area contributed by atoms with Crippen LogP contribution >= 0.6 is 36.2 Å². The predicted octanol–water partition coefficient (Wildman–Crippen LogP) is 3.18. The van der Waals surface area contributed by atoms with Crippen LogP contribution in [-0.2, 0) is 6.54 Å².